The third-order valence-corrected chi connectivity index (χ3v) is 4.06. The van der Waals surface area contributed by atoms with Gasteiger partial charge in [0.15, 0.2) is 0 Å². The van der Waals surface area contributed by atoms with Crippen LogP contribution in [0, 0.1) is 27.2 Å². The number of hydrogen-bond donors (Lipinski definition) is 1. The van der Waals surface area contributed by atoms with Crippen molar-refractivity contribution in [2.75, 3.05) is 11.9 Å². The molecule has 8 heteroatoms. The predicted molar refractivity (Wildman–Crippen MR) is 75.4 cm³/mol. The molecule has 1 aliphatic carbocycles. The Morgan fingerprint density at radius 1 is 1.43 bits per heavy atom. The minimum Gasteiger partial charge on any atom is -0.351 e. The summed E-state index contributed by atoms with van der Waals surface area (Å²) in [5.41, 5.74) is -1.67. The summed E-state index contributed by atoms with van der Waals surface area (Å²) >= 11 is 3.33. The molecule has 2 rings (SSSR count). The van der Waals surface area contributed by atoms with Crippen LogP contribution in [0.1, 0.15) is 29.6 Å². The minimum absolute atomic E-state index is 0.00882. The van der Waals surface area contributed by atoms with Crippen molar-refractivity contribution in [3.63, 3.8) is 0 Å². The van der Waals surface area contributed by atoms with Crippen LogP contribution in [-0.4, -0.2) is 22.7 Å². The summed E-state index contributed by atoms with van der Waals surface area (Å²) in [6.07, 6.45) is 2.80. The van der Waals surface area contributed by atoms with Crippen LogP contribution in [0.5, 0.6) is 0 Å². The van der Waals surface area contributed by atoms with Gasteiger partial charge < -0.3 is 5.32 Å². The highest BCUT2D eigenvalue weighted by Crippen LogP contribution is 2.48. The van der Waals surface area contributed by atoms with Crippen molar-refractivity contribution < 1.29 is 18.5 Å². The van der Waals surface area contributed by atoms with E-state index in [0.29, 0.717) is 18.7 Å². The molecule has 1 amide bonds. The molecule has 1 aromatic rings. The second kappa shape index (κ2) is 6.05. The maximum Gasteiger partial charge on any atom is 0.308 e. The molecule has 0 spiro atoms. The Bertz CT molecular complexity index is 591. The summed E-state index contributed by atoms with van der Waals surface area (Å²) in [5, 5.41) is 13.9. The third kappa shape index (κ3) is 3.55. The SMILES string of the molecule is O=C(NCC1(CCBr)CC1)c1cc(F)cc([N+](=O)[O-])c1F. The average Bonchev–Trinajstić information content (AvgIpc) is 3.18. The van der Waals surface area contributed by atoms with Crippen molar-refractivity contribution in [2.45, 2.75) is 19.3 Å². The Labute approximate surface area is 128 Å². The summed E-state index contributed by atoms with van der Waals surface area (Å²) in [6, 6.07) is 1.13. The molecule has 0 radical (unpaired) electrons. The van der Waals surface area contributed by atoms with Crippen LogP contribution >= 0.6 is 15.9 Å². The number of benzene rings is 1. The lowest BCUT2D eigenvalue weighted by molar-refractivity contribution is -0.387. The molecule has 0 unspecified atom stereocenters. The molecule has 0 aromatic heterocycles. The van der Waals surface area contributed by atoms with E-state index in [4.69, 9.17) is 0 Å². The minimum atomic E-state index is -1.32. The van der Waals surface area contributed by atoms with Gasteiger partial charge in [-0.3, -0.25) is 14.9 Å². The number of halogens is 3. The zero-order valence-electron chi connectivity index (χ0n) is 11.0. The van der Waals surface area contributed by atoms with Crippen molar-refractivity contribution in [2.24, 2.45) is 5.41 Å². The van der Waals surface area contributed by atoms with E-state index < -0.39 is 33.7 Å². The van der Waals surface area contributed by atoms with E-state index in [1.54, 1.807) is 0 Å². The fourth-order valence-electron chi connectivity index (χ4n) is 2.13. The number of carbonyl (C=O) groups is 1. The van der Waals surface area contributed by atoms with Gasteiger partial charge in [0.2, 0.25) is 5.82 Å². The molecule has 0 saturated heterocycles. The summed E-state index contributed by atoms with van der Waals surface area (Å²) in [5.74, 6) is -3.17. The van der Waals surface area contributed by atoms with Crippen LogP contribution in [0.15, 0.2) is 12.1 Å². The van der Waals surface area contributed by atoms with Crippen LogP contribution in [0.4, 0.5) is 14.5 Å². The number of nitro groups is 1. The van der Waals surface area contributed by atoms with E-state index in [-0.39, 0.29) is 5.41 Å². The van der Waals surface area contributed by atoms with Gasteiger partial charge in [0.25, 0.3) is 5.91 Å². The van der Waals surface area contributed by atoms with E-state index in [9.17, 15) is 23.7 Å². The molecule has 1 fully saturated rings. The van der Waals surface area contributed by atoms with E-state index in [1.807, 2.05) is 0 Å². The van der Waals surface area contributed by atoms with Crippen molar-refractivity contribution in [1.29, 1.82) is 0 Å². The molecule has 0 aliphatic heterocycles. The van der Waals surface area contributed by atoms with Gasteiger partial charge in [0, 0.05) is 11.9 Å². The van der Waals surface area contributed by atoms with E-state index in [2.05, 4.69) is 21.2 Å². The highest BCUT2D eigenvalue weighted by Gasteiger charge is 2.42. The monoisotopic (exact) mass is 362 g/mol. The summed E-state index contributed by atoms with van der Waals surface area (Å²) in [6.45, 7) is 0.348. The zero-order valence-corrected chi connectivity index (χ0v) is 12.6. The molecule has 1 aliphatic rings. The molecule has 1 N–H and O–H groups in total. The number of carbonyl (C=O) groups excluding carboxylic acids is 1. The molecule has 0 atom stereocenters. The standard InChI is InChI=1S/C13H13BrF2N2O3/c14-4-3-13(1-2-13)7-17-12(19)9-5-8(15)6-10(11(9)16)18(20)21/h5-6H,1-4,7H2,(H,17,19). The Balaban J connectivity index is 2.14. The summed E-state index contributed by atoms with van der Waals surface area (Å²) in [7, 11) is 0. The van der Waals surface area contributed by atoms with Crippen molar-refractivity contribution in [3.8, 4) is 0 Å². The highest BCUT2D eigenvalue weighted by atomic mass is 79.9. The topological polar surface area (TPSA) is 72.2 Å². The van der Waals surface area contributed by atoms with E-state index in [1.165, 1.54) is 0 Å². The van der Waals surface area contributed by atoms with Gasteiger partial charge in [0.05, 0.1) is 16.6 Å². The number of nitrogens with one attached hydrogen (secondary N) is 1. The first-order valence-electron chi connectivity index (χ1n) is 6.36. The van der Waals surface area contributed by atoms with Gasteiger partial charge in [-0.25, -0.2) is 4.39 Å². The number of nitrogens with zero attached hydrogens (tertiary/aromatic N) is 1. The molecule has 0 bridgehead atoms. The average molecular weight is 363 g/mol. The van der Waals surface area contributed by atoms with Gasteiger partial charge in [-0.2, -0.15) is 4.39 Å². The van der Waals surface area contributed by atoms with Gasteiger partial charge in [0.1, 0.15) is 5.82 Å². The van der Waals surface area contributed by atoms with Crippen LogP contribution in [0.3, 0.4) is 0 Å². The van der Waals surface area contributed by atoms with Crippen LogP contribution in [0.25, 0.3) is 0 Å². The van der Waals surface area contributed by atoms with Crippen molar-refractivity contribution in [1.82, 2.24) is 5.32 Å². The van der Waals surface area contributed by atoms with Gasteiger partial charge >= 0.3 is 5.69 Å². The van der Waals surface area contributed by atoms with Crippen LogP contribution < -0.4 is 5.32 Å². The lowest BCUT2D eigenvalue weighted by Crippen LogP contribution is -2.31. The molecule has 21 heavy (non-hydrogen) atoms. The fraction of sp³-hybridized carbons (Fsp3) is 0.462. The second-order valence-corrected chi connectivity index (χ2v) is 5.96. The van der Waals surface area contributed by atoms with Gasteiger partial charge in [-0.1, -0.05) is 15.9 Å². The molecule has 1 saturated carbocycles. The number of amides is 1. The first-order chi connectivity index (χ1) is 9.88. The van der Waals surface area contributed by atoms with E-state index >= 15 is 0 Å². The third-order valence-electron chi connectivity index (χ3n) is 3.67. The van der Waals surface area contributed by atoms with Crippen LogP contribution in [0.2, 0.25) is 0 Å². The number of nitro benzene ring substituents is 1. The number of rotatable bonds is 6. The maximum atomic E-state index is 13.9. The van der Waals surface area contributed by atoms with Crippen LogP contribution in [-0.2, 0) is 0 Å². The normalized spacial score (nSPS) is 15.6. The smallest absolute Gasteiger partial charge is 0.308 e. The Hall–Kier alpha value is -1.57. The quantitative estimate of drug-likeness (QED) is 0.479. The van der Waals surface area contributed by atoms with E-state index in [0.717, 1.165) is 24.6 Å². The molecular weight excluding hydrogens is 350 g/mol. The molecule has 0 heterocycles. The molecular formula is C13H13BrF2N2O3. The van der Waals surface area contributed by atoms with Gasteiger partial charge in [-0.15, -0.1) is 0 Å². The molecule has 5 nitrogen and oxygen atoms in total. The number of alkyl halides is 1. The summed E-state index contributed by atoms with van der Waals surface area (Å²) < 4.78 is 27.1. The second-order valence-electron chi connectivity index (χ2n) is 5.17. The lowest BCUT2D eigenvalue weighted by Gasteiger charge is -2.14. The molecule has 114 valence electrons. The van der Waals surface area contributed by atoms with Gasteiger partial charge in [-0.05, 0) is 30.7 Å². The first kappa shape index (κ1) is 15.8. The predicted octanol–water partition coefficient (Wildman–Crippen LogP) is 3.17. The molecule has 1 aromatic carbocycles. The largest absolute Gasteiger partial charge is 0.351 e. The van der Waals surface area contributed by atoms with Crippen molar-refractivity contribution >= 4 is 27.5 Å². The lowest BCUT2D eigenvalue weighted by atomic mass is 10.0. The Morgan fingerprint density at radius 3 is 2.62 bits per heavy atom. The Morgan fingerprint density at radius 2 is 2.10 bits per heavy atom. The summed E-state index contributed by atoms with van der Waals surface area (Å²) in [4.78, 5) is 21.5. The maximum absolute atomic E-state index is 13.9. The zero-order chi connectivity index (χ0) is 15.6. The first-order valence-corrected chi connectivity index (χ1v) is 7.48. The highest BCUT2D eigenvalue weighted by molar-refractivity contribution is 9.09. The fourth-order valence-corrected chi connectivity index (χ4v) is 2.97. The number of hydrogen-bond acceptors (Lipinski definition) is 3. The Kier molecular flexibility index (Phi) is 4.55. The van der Waals surface area contributed by atoms with Crippen molar-refractivity contribution in [3.05, 3.63) is 39.4 Å².